The highest BCUT2D eigenvalue weighted by molar-refractivity contribution is 7.89. The maximum absolute atomic E-state index is 12.7. The summed E-state index contributed by atoms with van der Waals surface area (Å²) in [5, 5.41) is 3.12. The van der Waals surface area contributed by atoms with E-state index in [4.69, 9.17) is 16.3 Å². The van der Waals surface area contributed by atoms with Crippen molar-refractivity contribution in [1.82, 2.24) is 9.21 Å². The normalized spacial score (nSPS) is 14.9. The third-order valence-corrected chi connectivity index (χ3v) is 6.74. The summed E-state index contributed by atoms with van der Waals surface area (Å²) in [6.07, 6.45) is 0. The van der Waals surface area contributed by atoms with Gasteiger partial charge in [0, 0.05) is 43.8 Å². The maximum Gasteiger partial charge on any atom is 0.260 e. The fraction of sp³-hybridized carbons (Fsp3) is 0.300. The third kappa shape index (κ3) is 5.50. The predicted octanol–water partition coefficient (Wildman–Crippen LogP) is 2.21. The van der Waals surface area contributed by atoms with Crippen LogP contribution in [0.1, 0.15) is 6.92 Å². The molecule has 0 aliphatic carbocycles. The number of piperazine rings is 1. The van der Waals surface area contributed by atoms with Crippen LogP contribution in [0, 0.1) is 0 Å². The van der Waals surface area contributed by atoms with Gasteiger partial charge in [-0.05, 0) is 48.5 Å². The summed E-state index contributed by atoms with van der Waals surface area (Å²) >= 11 is 5.82. The van der Waals surface area contributed by atoms with E-state index in [1.165, 1.54) is 35.5 Å². The molecule has 0 spiro atoms. The number of ether oxygens (including phenoxy) is 1. The van der Waals surface area contributed by atoms with Gasteiger partial charge in [0.25, 0.3) is 5.91 Å². The van der Waals surface area contributed by atoms with E-state index in [0.29, 0.717) is 16.5 Å². The molecule has 8 nitrogen and oxygen atoms in total. The number of sulfonamides is 1. The standard InChI is InChI=1S/C20H22ClN3O5S/c1-15(25)22-17-4-6-18(7-5-17)29-14-20(26)23-10-12-24(13-11-23)30(27,28)19-8-2-16(21)3-9-19/h2-9H,10-14H2,1H3,(H,22,25). The van der Waals surface area contributed by atoms with E-state index in [-0.39, 0.29) is 49.5 Å². The number of carbonyl (C=O) groups excluding carboxylic acids is 2. The lowest BCUT2D eigenvalue weighted by atomic mass is 10.3. The van der Waals surface area contributed by atoms with Crippen molar-refractivity contribution >= 4 is 39.1 Å². The van der Waals surface area contributed by atoms with Crippen LogP contribution >= 0.6 is 11.6 Å². The summed E-state index contributed by atoms with van der Waals surface area (Å²) in [5.74, 6) is 0.113. The largest absolute Gasteiger partial charge is 0.484 e. The smallest absolute Gasteiger partial charge is 0.260 e. The van der Waals surface area contributed by atoms with E-state index in [0.717, 1.165) is 0 Å². The van der Waals surface area contributed by atoms with Gasteiger partial charge >= 0.3 is 0 Å². The van der Waals surface area contributed by atoms with Crippen molar-refractivity contribution in [3.8, 4) is 5.75 Å². The zero-order valence-corrected chi connectivity index (χ0v) is 17.9. The van der Waals surface area contributed by atoms with Crippen LogP contribution in [0.5, 0.6) is 5.75 Å². The average Bonchev–Trinajstić information content (AvgIpc) is 2.73. The summed E-state index contributed by atoms with van der Waals surface area (Å²) in [7, 11) is -3.62. The van der Waals surface area contributed by atoms with Crippen molar-refractivity contribution in [1.29, 1.82) is 0 Å². The van der Waals surface area contributed by atoms with Gasteiger partial charge in [0.1, 0.15) is 5.75 Å². The Morgan fingerprint density at radius 1 is 1.00 bits per heavy atom. The second kappa shape index (κ2) is 9.46. The Hall–Kier alpha value is -2.62. The molecule has 1 heterocycles. The van der Waals surface area contributed by atoms with Gasteiger partial charge < -0.3 is 15.0 Å². The van der Waals surface area contributed by atoms with Crippen molar-refractivity contribution in [3.05, 3.63) is 53.6 Å². The number of nitrogens with zero attached hydrogens (tertiary/aromatic N) is 2. The van der Waals surface area contributed by atoms with Gasteiger partial charge in [-0.1, -0.05) is 11.6 Å². The zero-order chi connectivity index (χ0) is 21.7. The Balaban J connectivity index is 1.50. The Labute approximate surface area is 180 Å². The van der Waals surface area contributed by atoms with Gasteiger partial charge in [0.15, 0.2) is 6.61 Å². The summed E-state index contributed by atoms with van der Waals surface area (Å²) in [5.41, 5.74) is 0.638. The van der Waals surface area contributed by atoms with Gasteiger partial charge in [-0.2, -0.15) is 4.31 Å². The average molecular weight is 452 g/mol. The lowest BCUT2D eigenvalue weighted by Gasteiger charge is -2.34. The Morgan fingerprint density at radius 2 is 1.60 bits per heavy atom. The van der Waals surface area contributed by atoms with E-state index >= 15 is 0 Å². The van der Waals surface area contributed by atoms with Crippen LogP contribution in [0.2, 0.25) is 5.02 Å². The predicted molar refractivity (Wildman–Crippen MR) is 113 cm³/mol. The van der Waals surface area contributed by atoms with Crippen LogP contribution < -0.4 is 10.1 Å². The van der Waals surface area contributed by atoms with Crippen molar-refractivity contribution in [2.75, 3.05) is 38.1 Å². The quantitative estimate of drug-likeness (QED) is 0.726. The molecule has 2 aromatic rings. The molecule has 1 aliphatic heterocycles. The van der Waals surface area contributed by atoms with E-state index in [1.54, 1.807) is 29.2 Å². The van der Waals surface area contributed by atoms with E-state index in [1.807, 2.05) is 0 Å². The van der Waals surface area contributed by atoms with Crippen LogP contribution in [-0.4, -0.2) is 62.2 Å². The molecule has 160 valence electrons. The highest BCUT2D eigenvalue weighted by Gasteiger charge is 2.30. The molecule has 1 aliphatic rings. The number of amides is 2. The summed E-state index contributed by atoms with van der Waals surface area (Å²) in [4.78, 5) is 25.2. The molecule has 0 radical (unpaired) electrons. The molecule has 0 atom stereocenters. The number of rotatable bonds is 6. The topological polar surface area (TPSA) is 96.0 Å². The maximum atomic E-state index is 12.7. The molecule has 2 amide bonds. The summed E-state index contributed by atoms with van der Waals surface area (Å²) < 4.78 is 32.3. The van der Waals surface area contributed by atoms with Crippen molar-refractivity contribution in [2.45, 2.75) is 11.8 Å². The number of benzene rings is 2. The Morgan fingerprint density at radius 3 is 2.17 bits per heavy atom. The third-order valence-electron chi connectivity index (χ3n) is 4.58. The highest BCUT2D eigenvalue weighted by atomic mass is 35.5. The SMILES string of the molecule is CC(=O)Nc1ccc(OCC(=O)N2CCN(S(=O)(=O)c3ccc(Cl)cc3)CC2)cc1. The first kappa shape index (κ1) is 22.1. The lowest BCUT2D eigenvalue weighted by Crippen LogP contribution is -2.51. The molecule has 1 saturated heterocycles. The van der Waals surface area contributed by atoms with E-state index in [2.05, 4.69) is 5.32 Å². The van der Waals surface area contributed by atoms with E-state index in [9.17, 15) is 18.0 Å². The van der Waals surface area contributed by atoms with Crippen molar-refractivity contribution in [3.63, 3.8) is 0 Å². The number of nitrogens with one attached hydrogen (secondary N) is 1. The fourth-order valence-electron chi connectivity index (χ4n) is 3.01. The van der Waals surface area contributed by atoms with Crippen LogP contribution in [0.3, 0.4) is 0 Å². The zero-order valence-electron chi connectivity index (χ0n) is 16.4. The van der Waals surface area contributed by atoms with Crippen LogP contribution in [0.25, 0.3) is 0 Å². The molecule has 1 fully saturated rings. The molecule has 10 heteroatoms. The molecular weight excluding hydrogens is 430 g/mol. The molecule has 0 unspecified atom stereocenters. The second-order valence-corrected chi connectivity index (χ2v) is 9.11. The number of carbonyl (C=O) groups is 2. The minimum Gasteiger partial charge on any atom is -0.484 e. The molecule has 0 bridgehead atoms. The minimum atomic E-state index is -3.62. The monoisotopic (exact) mass is 451 g/mol. The van der Waals surface area contributed by atoms with Crippen LogP contribution in [0.4, 0.5) is 5.69 Å². The van der Waals surface area contributed by atoms with Gasteiger partial charge in [-0.25, -0.2) is 8.42 Å². The summed E-state index contributed by atoms with van der Waals surface area (Å²) in [6, 6.07) is 12.7. The van der Waals surface area contributed by atoms with E-state index < -0.39 is 10.0 Å². The number of halogens is 1. The van der Waals surface area contributed by atoms with Crippen LogP contribution in [-0.2, 0) is 19.6 Å². The first-order chi connectivity index (χ1) is 14.3. The van der Waals surface area contributed by atoms with Gasteiger partial charge in [0.2, 0.25) is 15.9 Å². The molecule has 2 aromatic carbocycles. The second-order valence-electron chi connectivity index (χ2n) is 6.73. The molecule has 1 N–H and O–H groups in total. The molecule has 0 saturated carbocycles. The van der Waals surface area contributed by atoms with Gasteiger partial charge in [-0.15, -0.1) is 0 Å². The lowest BCUT2D eigenvalue weighted by molar-refractivity contribution is -0.134. The minimum absolute atomic E-state index is 0.149. The molecular formula is C20H22ClN3O5S. The molecule has 0 aromatic heterocycles. The number of hydrogen-bond donors (Lipinski definition) is 1. The first-order valence-corrected chi connectivity index (χ1v) is 11.1. The first-order valence-electron chi connectivity index (χ1n) is 9.29. The van der Waals surface area contributed by atoms with Gasteiger partial charge in [-0.3, -0.25) is 9.59 Å². The Bertz CT molecular complexity index is 1000. The fourth-order valence-corrected chi connectivity index (χ4v) is 4.56. The molecule has 3 rings (SSSR count). The highest BCUT2D eigenvalue weighted by Crippen LogP contribution is 2.20. The van der Waals surface area contributed by atoms with Gasteiger partial charge in [0.05, 0.1) is 4.90 Å². The van der Waals surface area contributed by atoms with Crippen molar-refractivity contribution < 1.29 is 22.7 Å². The Kier molecular flexibility index (Phi) is 6.96. The molecule has 30 heavy (non-hydrogen) atoms. The van der Waals surface area contributed by atoms with Crippen LogP contribution in [0.15, 0.2) is 53.4 Å². The summed E-state index contributed by atoms with van der Waals surface area (Å²) in [6.45, 7) is 2.27. The number of hydrogen-bond acceptors (Lipinski definition) is 5. The van der Waals surface area contributed by atoms with Crippen molar-refractivity contribution in [2.24, 2.45) is 0 Å². The number of anilines is 1.